The van der Waals surface area contributed by atoms with Gasteiger partial charge in [0.1, 0.15) is 5.82 Å². The van der Waals surface area contributed by atoms with Crippen molar-refractivity contribution in [3.63, 3.8) is 0 Å². The summed E-state index contributed by atoms with van der Waals surface area (Å²) in [7, 11) is 0. The van der Waals surface area contributed by atoms with Crippen LogP contribution in [0.2, 0.25) is 0 Å². The Morgan fingerprint density at radius 3 is 2.45 bits per heavy atom. The fourth-order valence-electron chi connectivity index (χ4n) is 3.80. The molecule has 0 aliphatic carbocycles. The molecule has 1 N–H and O–H groups in total. The molecular formula is C25H31N5O2S. The number of rotatable bonds is 11. The first-order valence-electron chi connectivity index (χ1n) is 11.5. The first kappa shape index (κ1) is 23.4. The van der Waals surface area contributed by atoms with Gasteiger partial charge in [-0.1, -0.05) is 60.7 Å². The number of benzene rings is 2. The van der Waals surface area contributed by atoms with Crippen molar-refractivity contribution in [3.8, 4) is 0 Å². The number of nitrogens with zero attached hydrogens (tertiary/aromatic N) is 4. The molecule has 1 aromatic heterocycles. The molecule has 0 spiro atoms. The molecule has 174 valence electrons. The molecule has 2 aromatic carbocycles. The van der Waals surface area contributed by atoms with Crippen molar-refractivity contribution in [2.75, 3.05) is 50.8 Å². The Morgan fingerprint density at radius 2 is 1.73 bits per heavy atom. The summed E-state index contributed by atoms with van der Waals surface area (Å²) in [6, 6.07) is 20.4. The van der Waals surface area contributed by atoms with Gasteiger partial charge in [-0.3, -0.25) is 9.69 Å². The number of amides is 1. The van der Waals surface area contributed by atoms with Crippen molar-refractivity contribution in [1.29, 1.82) is 0 Å². The lowest BCUT2D eigenvalue weighted by atomic mass is 10.1. The lowest BCUT2D eigenvalue weighted by Crippen LogP contribution is -2.40. The zero-order chi connectivity index (χ0) is 22.7. The largest absolute Gasteiger partial charge is 0.379 e. The normalized spacial score (nSPS) is 14.2. The Bertz CT molecular complexity index is 977. The zero-order valence-corrected chi connectivity index (χ0v) is 19.7. The molecule has 1 fully saturated rings. The molecule has 1 aliphatic rings. The summed E-state index contributed by atoms with van der Waals surface area (Å²) < 4.78 is 9.94. The number of hydrogen-bond acceptors (Lipinski definition) is 7. The maximum Gasteiger partial charge on any atom is 0.239 e. The monoisotopic (exact) mass is 465 g/mol. The Hall–Kier alpha value is -2.81. The van der Waals surface area contributed by atoms with Crippen LogP contribution in [0, 0.1) is 0 Å². The van der Waals surface area contributed by atoms with Crippen molar-refractivity contribution < 1.29 is 9.53 Å². The summed E-state index contributed by atoms with van der Waals surface area (Å²) in [4.78, 5) is 21.9. The van der Waals surface area contributed by atoms with Gasteiger partial charge < -0.3 is 15.0 Å². The first-order valence-corrected chi connectivity index (χ1v) is 12.3. The summed E-state index contributed by atoms with van der Waals surface area (Å²) in [5.41, 5.74) is 2.31. The van der Waals surface area contributed by atoms with Gasteiger partial charge >= 0.3 is 0 Å². The van der Waals surface area contributed by atoms with Gasteiger partial charge in [0.05, 0.1) is 19.8 Å². The van der Waals surface area contributed by atoms with E-state index in [9.17, 15) is 4.79 Å². The average molecular weight is 466 g/mol. The fraction of sp³-hybridized carbons (Fsp3) is 0.400. The van der Waals surface area contributed by atoms with E-state index in [-0.39, 0.29) is 12.5 Å². The number of aromatic nitrogens is 2. The van der Waals surface area contributed by atoms with Crippen molar-refractivity contribution >= 4 is 22.6 Å². The molecular weight excluding hydrogens is 434 g/mol. The van der Waals surface area contributed by atoms with E-state index >= 15 is 0 Å². The Kier molecular flexibility index (Phi) is 8.80. The van der Waals surface area contributed by atoms with Gasteiger partial charge in [-0.2, -0.15) is 4.37 Å². The highest BCUT2D eigenvalue weighted by Crippen LogP contribution is 2.21. The molecule has 0 unspecified atom stereocenters. The molecule has 4 rings (SSSR count). The predicted octanol–water partition coefficient (Wildman–Crippen LogP) is 2.97. The third kappa shape index (κ3) is 7.63. The number of ether oxygens (including phenoxy) is 1. The maximum absolute atomic E-state index is 12.7. The summed E-state index contributed by atoms with van der Waals surface area (Å²) in [5.74, 6) is 0.790. The number of anilines is 1. The van der Waals surface area contributed by atoms with Crippen LogP contribution in [0.15, 0.2) is 60.7 Å². The summed E-state index contributed by atoms with van der Waals surface area (Å²) in [6.07, 6.45) is 1.62. The molecule has 0 radical (unpaired) electrons. The third-order valence-corrected chi connectivity index (χ3v) is 6.38. The van der Waals surface area contributed by atoms with E-state index < -0.39 is 0 Å². The Balaban J connectivity index is 1.34. The third-order valence-electron chi connectivity index (χ3n) is 5.56. The highest BCUT2D eigenvalue weighted by atomic mass is 32.1. The van der Waals surface area contributed by atoms with Crippen LogP contribution in [-0.2, 0) is 22.5 Å². The lowest BCUT2D eigenvalue weighted by Gasteiger charge is -2.26. The van der Waals surface area contributed by atoms with Gasteiger partial charge in [-0.05, 0) is 24.1 Å². The van der Waals surface area contributed by atoms with Crippen LogP contribution >= 0.6 is 11.5 Å². The van der Waals surface area contributed by atoms with E-state index in [1.807, 2.05) is 41.3 Å². The Labute approximate surface area is 199 Å². The van der Waals surface area contributed by atoms with Gasteiger partial charge in [-0.15, -0.1) is 0 Å². The van der Waals surface area contributed by atoms with Gasteiger partial charge in [0.15, 0.2) is 0 Å². The molecule has 0 bridgehead atoms. The first-order chi connectivity index (χ1) is 16.3. The molecule has 8 heteroatoms. The van der Waals surface area contributed by atoms with Crippen LogP contribution in [0.1, 0.15) is 23.4 Å². The van der Waals surface area contributed by atoms with E-state index in [4.69, 9.17) is 9.72 Å². The summed E-state index contributed by atoms with van der Waals surface area (Å²) in [6.45, 7) is 6.07. The molecule has 33 heavy (non-hydrogen) atoms. The van der Waals surface area contributed by atoms with Crippen LogP contribution in [0.5, 0.6) is 0 Å². The molecule has 0 atom stereocenters. The van der Waals surface area contributed by atoms with E-state index in [1.165, 1.54) is 17.1 Å². The van der Waals surface area contributed by atoms with Gasteiger partial charge in [-0.25, -0.2) is 4.98 Å². The average Bonchev–Trinajstić information content (AvgIpc) is 3.32. The highest BCUT2D eigenvalue weighted by Gasteiger charge is 2.17. The van der Waals surface area contributed by atoms with E-state index in [0.29, 0.717) is 19.5 Å². The highest BCUT2D eigenvalue weighted by molar-refractivity contribution is 7.09. The molecule has 7 nitrogen and oxygen atoms in total. The summed E-state index contributed by atoms with van der Waals surface area (Å²) >= 11 is 1.35. The minimum Gasteiger partial charge on any atom is -0.379 e. The number of hydrogen-bond donors (Lipinski definition) is 1. The molecule has 2 heterocycles. The van der Waals surface area contributed by atoms with Crippen molar-refractivity contribution in [3.05, 3.63) is 77.6 Å². The topological polar surface area (TPSA) is 70.6 Å². The second-order valence-corrected chi connectivity index (χ2v) is 8.89. The Morgan fingerprint density at radius 1 is 1.03 bits per heavy atom. The smallest absolute Gasteiger partial charge is 0.239 e. The SMILES string of the molecule is O=C(CN(Cc1ccccc1)c1nc(Cc2ccccc2)ns1)NCCCN1CCOCC1. The van der Waals surface area contributed by atoms with Gasteiger partial charge in [0.2, 0.25) is 11.0 Å². The lowest BCUT2D eigenvalue weighted by molar-refractivity contribution is -0.119. The molecule has 3 aromatic rings. The number of carbonyl (C=O) groups is 1. The van der Waals surface area contributed by atoms with E-state index in [2.05, 4.69) is 38.9 Å². The molecule has 1 saturated heterocycles. The van der Waals surface area contributed by atoms with Crippen LogP contribution in [0.3, 0.4) is 0 Å². The number of carbonyl (C=O) groups excluding carboxylic acids is 1. The van der Waals surface area contributed by atoms with Crippen LogP contribution < -0.4 is 10.2 Å². The quantitative estimate of drug-likeness (QED) is 0.439. The number of nitrogens with one attached hydrogen (secondary N) is 1. The minimum absolute atomic E-state index is 0.00715. The second kappa shape index (κ2) is 12.4. The molecule has 1 amide bonds. The fourth-order valence-corrected chi connectivity index (χ4v) is 4.49. The zero-order valence-electron chi connectivity index (χ0n) is 18.9. The van der Waals surface area contributed by atoms with E-state index in [1.54, 1.807) is 0 Å². The van der Waals surface area contributed by atoms with Crippen LogP contribution in [-0.4, -0.2) is 66.1 Å². The standard InChI is InChI=1S/C25H31N5O2S/c31-24(26-12-7-13-29-14-16-32-17-15-29)20-30(19-22-10-5-2-6-11-22)25-27-23(28-33-25)18-21-8-3-1-4-9-21/h1-6,8-11H,7,12-20H2,(H,26,31). The van der Waals surface area contributed by atoms with Crippen molar-refractivity contribution in [2.24, 2.45) is 0 Å². The number of morpholine rings is 1. The molecule has 1 aliphatic heterocycles. The van der Waals surface area contributed by atoms with Crippen LogP contribution in [0.4, 0.5) is 5.13 Å². The van der Waals surface area contributed by atoms with E-state index in [0.717, 1.165) is 55.8 Å². The minimum atomic E-state index is 0.00715. The second-order valence-electron chi connectivity index (χ2n) is 8.15. The molecule has 0 saturated carbocycles. The maximum atomic E-state index is 12.7. The van der Waals surface area contributed by atoms with Gasteiger partial charge in [0, 0.05) is 44.1 Å². The predicted molar refractivity (Wildman–Crippen MR) is 132 cm³/mol. The van der Waals surface area contributed by atoms with Crippen molar-refractivity contribution in [1.82, 2.24) is 19.6 Å². The van der Waals surface area contributed by atoms with Crippen LogP contribution in [0.25, 0.3) is 0 Å². The van der Waals surface area contributed by atoms with Crippen molar-refractivity contribution in [2.45, 2.75) is 19.4 Å². The van der Waals surface area contributed by atoms with Gasteiger partial charge in [0.25, 0.3) is 0 Å². The summed E-state index contributed by atoms with van der Waals surface area (Å²) in [5, 5.41) is 3.84.